The van der Waals surface area contributed by atoms with Crippen molar-refractivity contribution in [3.8, 4) is 0 Å². The van der Waals surface area contributed by atoms with Gasteiger partial charge < -0.3 is 10.6 Å². The Morgan fingerprint density at radius 2 is 2.16 bits per heavy atom. The van der Waals surface area contributed by atoms with Gasteiger partial charge in [0.2, 0.25) is 5.91 Å². The van der Waals surface area contributed by atoms with Crippen LogP contribution in [-0.4, -0.2) is 30.4 Å². The lowest BCUT2D eigenvalue weighted by Crippen LogP contribution is -2.41. The van der Waals surface area contributed by atoms with Crippen LogP contribution in [0.2, 0.25) is 0 Å². The van der Waals surface area contributed by atoms with Gasteiger partial charge >= 0.3 is 0 Å². The molecule has 2 rings (SSSR count). The predicted octanol–water partition coefficient (Wildman–Crippen LogP) is 2.38. The number of carbonyl (C=O) groups excluding carboxylic acids is 1. The van der Waals surface area contributed by atoms with E-state index in [4.69, 9.17) is 5.73 Å². The number of piperidine rings is 1. The molecule has 1 fully saturated rings. The Balaban J connectivity index is 1.80. The fourth-order valence-electron chi connectivity index (χ4n) is 2.82. The molecule has 19 heavy (non-hydrogen) atoms. The lowest BCUT2D eigenvalue weighted by Gasteiger charge is -2.31. The van der Waals surface area contributed by atoms with Crippen LogP contribution in [-0.2, 0) is 4.79 Å². The topological polar surface area (TPSA) is 46.3 Å². The molecule has 104 valence electrons. The third-order valence-electron chi connectivity index (χ3n) is 4.15. The smallest absolute Gasteiger partial charge is 0.221 e. The van der Waals surface area contributed by atoms with E-state index >= 15 is 0 Å². The zero-order valence-electron chi connectivity index (χ0n) is 11.7. The molecule has 1 aromatic rings. The molecular formula is C16H24N2O. The van der Waals surface area contributed by atoms with Crippen molar-refractivity contribution >= 4 is 5.91 Å². The van der Waals surface area contributed by atoms with Gasteiger partial charge in [0.25, 0.3) is 0 Å². The van der Waals surface area contributed by atoms with Crippen molar-refractivity contribution in [1.82, 2.24) is 4.90 Å². The van der Waals surface area contributed by atoms with E-state index < -0.39 is 0 Å². The van der Waals surface area contributed by atoms with E-state index in [-0.39, 0.29) is 11.8 Å². The largest absolute Gasteiger partial charge is 0.369 e. The lowest BCUT2D eigenvalue weighted by molar-refractivity contribution is -0.123. The van der Waals surface area contributed by atoms with E-state index in [0.29, 0.717) is 5.92 Å². The second kappa shape index (κ2) is 6.71. The summed E-state index contributed by atoms with van der Waals surface area (Å²) >= 11 is 0. The van der Waals surface area contributed by atoms with Crippen molar-refractivity contribution in [2.24, 2.45) is 11.7 Å². The Morgan fingerprint density at radius 3 is 2.84 bits per heavy atom. The number of amides is 1. The van der Waals surface area contributed by atoms with Gasteiger partial charge in [-0.25, -0.2) is 0 Å². The summed E-state index contributed by atoms with van der Waals surface area (Å²) in [5.74, 6) is 0.483. The van der Waals surface area contributed by atoms with Crippen molar-refractivity contribution in [2.45, 2.75) is 32.1 Å². The molecule has 0 aromatic heterocycles. The summed E-state index contributed by atoms with van der Waals surface area (Å²) in [7, 11) is 0. The Morgan fingerprint density at radius 1 is 1.42 bits per heavy atom. The number of hydrogen-bond donors (Lipinski definition) is 1. The second-order valence-corrected chi connectivity index (χ2v) is 5.64. The van der Waals surface area contributed by atoms with Crippen molar-refractivity contribution < 1.29 is 4.79 Å². The Hall–Kier alpha value is -1.35. The Kier molecular flexibility index (Phi) is 4.97. The number of nitrogens with two attached hydrogens (primary N) is 1. The summed E-state index contributed by atoms with van der Waals surface area (Å²) in [6.45, 7) is 5.27. The van der Waals surface area contributed by atoms with E-state index in [1.165, 1.54) is 5.56 Å². The molecule has 2 N–H and O–H groups in total. The summed E-state index contributed by atoms with van der Waals surface area (Å²) < 4.78 is 0. The zero-order chi connectivity index (χ0) is 13.7. The predicted molar refractivity (Wildman–Crippen MR) is 77.8 cm³/mol. The van der Waals surface area contributed by atoms with Gasteiger partial charge in [-0.3, -0.25) is 4.79 Å². The number of hydrogen-bond acceptors (Lipinski definition) is 2. The average Bonchev–Trinajstić information content (AvgIpc) is 2.46. The number of benzene rings is 1. The van der Waals surface area contributed by atoms with Gasteiger partial charge in [0, 0.05) is 6.54 Å². The van der Waals surface area contributed by atoms with E-state index in [1.807, 2.05) is 0 Å². The summed E-state index contributed by atoms with van der Waals surface area (Å²) in [5.41, 5.74) is 6.81. The highest BCUT2D eigenvalue weighted by Gasteiger charge is 2.23. The fourth-order valence-corrected chi connectivity index (χ4v) is 2.82. The first-order valence-corrected chi connectivity index (χ1v) is 7.23. The average molecular weight is 260 g/mol. The minimum Gasteiger partial charge on any atom is -0.369 e. The Labute approximate surface area is 115 Å². The maximum absolute atomic E-state index is 11.3. The van der Waals surface area contributed by atoms with Gasteiger partial charge in [-0.15, -0.1) is 0 Å². The van der Waals surface area contributed by atoms with E-state index in [1.54, 1.807) is 0 Å². The molecule has 1 aliphatic rings. The molecule has 1 amide bonds. The van der Waals surface area contributed by atoms with Gasteiger partial charge in [-0.2, -0.15) is 0 Å². The molecule has 0 bridgehead atoms. The van der Waals surface area contributed by atoms with Crippen molar-refractivity contribution in [2.75, 3.05) is 19.6 Å². The molecule has 0 radical (unpaired) electrons. The molecule has 0 unspecified atom stereocenters. The third-order valence-corrected chi connectivity index (χ3v) is 4.15. The van der Waals surface area contributed by atoms with Gasteiger partial charge in [0.1, 0.15) is 0 Å². The SMILES string of the molecule is C[C@@H](CCN1CCC[C@H](C(N)=O)C1)c1ccccc1. The highest BCUT2D eigenvalue weighted by Crippen LogP contribution is 2.21. The van der Waals surface area contributed by atoms with Gasteiger partial charge in [-0.05, 0) is 43.8 Å². The van der Waals surface area contributed by atoms with Crippen molar-refractivity contribution in [3.63, 3.8) is 0 Å². The lowest BCUT2D eigenvalue weighted by atomic mass is 9.95. The minimum absolute atomic E-state index is 0.0563. The minimum atomic E-state index is -0.138. The first-order chi connectivity index (χ1) is 9.16. The van der Waals surface area contributed by atoms with Crippen LogP contribution in [0.1, 0.15) is 37.7 Å². The highest BCUT2D eigenvalue weighted by atomic mass is 16.1. The first-order valence-electron chi connectivity index (χ1n) is 7.23. The molecule has 1 heterocycles. The number of likely N-dealkylation sites (tertiary alicyclic amines) is 1. The normalized spacial score (nSPS) is 22.1. The number of primary amides is 1. The number of nitrogens with zero attached hydrogens (tertiary/aromatic N) is 1. The molecule has 3 heteroatoms. The first kappa shape index (κ1) is 14.1. The van der Waals surface area contributed by atoms with Gasteiger partial charge in [-0.1, -0.05) is 37.3 Å². The monoisotopic (exact) mass is 260 g/mol. The molecule has 1 aliphatic heterocycles. The molecule has 0 saturated carbocycles. The standard InChI is InChI=1S/C16H24N2O/c1-13(14-6-3-2-4-7-14)9-11-18-10-5-8-15(12-18)16(17)19/h2-4,6-7,13,15H,5,8-12H2,1H3,(H2,17,19)/t13-,15-/m0/s1. The van der Waals surface area contributed by atoms with Gasteiger partial charge in [0.05, 0.1) is 5.92 Å². The second-order valence-electron chi connectivity index (χ2n) is 5.64. The van der Waals surface area contributed by atoms with Crippen LogP contribution in [0, 0.1) is 5.92 Å². The zero-order valence-corrected chi connectivity index (χ0v) is 11.7. The summed E-state index contributed by atoms with van der Waals surface area (Å²) in [5, 5.41) is 0. The third kappa shape index (κ3) is 4.06. The van der Waals surface area contributed by atoms with E-state index in [0.717, 1.165) is 38.9 Å². The molecule has 0 spiro atoms. The Bertz CT molecular complexity index is 404. The molecule has 2 atom stereocenters. The highest BCUT2D eigenvalue weighted by molar-refractivity contribution is 5.76. The van der Waals surface area contributed by atoms with Crippen molar-refractivity contribution in [1.29, 1.82) is 0 Å². The van der Waals surface area contributed by atoms with E-state index in [9.17, 15) is 4.79 Å². The van der Waals surface area contributed by atoms with Gasteiger partial charge in [0.15, 0.2) is 0 Å². The summed E-state index contributed by atoms with van der Waals surface area (Å²) in [6, 6.07) is 10.6. The molecule has 3 nitrogen and oxygen atoms in total. The molecule has 1 aromatic carbocycles. The fraction of sp³-hybridized carbons (Fsp3) is 0.562. The van der Waals surface area contributed by atoms with Crippen LogP contribution in [0.3, 0.4) is 0 Å². The maximum Gasteiger partial charge on any atom is 0.221 e. The van der Waals surface area contributed by atoms with Crippen LogP contribution < -0.4 is 5.73 Å². The van der Waals surface area contributed by atoms with Crippen LogP contribution in [0.4, 0.5) is 0 Å². The van der Waals surface area contributed by atoms with Crippen LogP contribution in [0.15, 0.2) is 30.3 Å². The number of rotatable bonds is 5. The quantitative estimate of drug-likeness (QED) is 0.883. The summed E-state index contributed by atoms with van der Waals surface area (Å²) in [6.07, 6.45) is 3.18. The van der Waals surface area contributed by atoms with Crippen LogP contribution in [0.25, 0.3) is 0 Å². The molecular weight excluding hydrogens is 236 g/mol. The van der Waals surface area contributed by atoms with E-state index in [2.05, 4.69) is 42.2 Å². The van der Waals surface area contributed by atoms with Crippen LogP contribution >= 0.6 is 0 Å². The van der Waals surface area contributed by atoms with Crippen molar-refractivity contribution in [3.05, 3.63) is 35.9 Å². The maximum atomic E-state index is 11.3. The summed E-state index contributed by atoms with van der Waals surface area (Å²) in [4.78, 5) is 13.6. The van der Waals surface area contributed by atoms with Crippen LogP contribution in [0.5, 0.6) is 0 Å². The number of carbonyl (C=O) groups is 1. The molecule has 0 aliphatic carbocycles. The molecule has 1 saturated heterocycles.